The van der Waals surface area contributed by atoms with Crippen molar-refractivity contribution in [2.24, 2.45) is 34.0 Å². The van der Waals surface area contributed by atoms with Gasteiger partial charge < -0.3 is 18.9 Å². The standard InChI is InChI=1S/C25H32O9/c1-12(26)32-15-8-10-25-14-7-9-23(33-13(2)27)11-24(14,19(29)21(23,3)4)16(18(28)31-6)17(25)22(15,5)20(30)34-25/h14-17H,7-11H2,1-6H3/t14-,15+,16-,17-,22-,23+,24-,25-/m1/s1. The van der Waals surface area contributed by atoms with Crippen LogP contribution in [0.15, 0.2) is 0 Å². The molecule has 186 valence electrons. The maximum absolute atomic E-state index is 14.4. The van der Waals surface area contributed by atoms with Crippen molar-refractivity contribution in [3.63, 3.8) is 0 Å². The van der Waals surface area contributed by atoms with Crippen molar-refractivity contribution in [2.75, 3.05) is 7.11 Å². The van der Waals surface area contributed by atoms with Gasteiger partial charge in [-0.15, -0.1) is 0 Å². The molecule has 5 aliphatic rings. The monoisotopic (exact) mass is 476 g/mol. The third kappa shape index (κ3) is 2.29. The molecule has 0 N–H and O–H groups in total. The van der Waals surface area contributed by atoms with Crippen molar-refractivity contribution in [3.8, 4) is 0 Å². The van der Waals surface area contributed by atoms with Gasteiger partial charge in [-0.2, -0.15) is 0 Å². The van der Waals surface area contributed by atoms with Gasteiger partial charge in [0, 0.05) is 32.1 Å². The smallest absolute Gasteiger partial charge is 0.316 e. The molecule has 9 heteroatoms. The number of carbonyl (C=O) groups is 5. The fourth-order valence-corrected chi connectivity index (χ4v) is 8.94. The minimum absolute atomic E-state index is 0.155. The van der Waals surface area contributed by atoms with E-state index in [1.165, 1.54) is 21.0 Å². The second kappa shape index (κ2) is 6.61. The molecule has 34 heavy (non-hydrogen) atoms. The zero-order valence-electron chi connectivity index (χ0n) is 20.5. The number of fused-ring (bicyclic) bond motifs is 1. The number of ketones is 1. The van der Waals surface area contributed by atoms with Crippen LogP contribution in [0.2, 0.25) is 0 Å². The van der Waals surface area contributed by atoms with Crippen molar-refractivity contribution in [1.29, 1.82) is 0 Å². The van der Waals surface area contributed by atoms with Crippen molar-refractivity contribution < 1.29 is 42.9 Å². The maximum atomic E-state index is 14.4. The summed E-state index contributed by atoms with van der Waals surface area (Å²) in [6.45, 7) is 7.84. The van der Waals surface area contributed by atoms with Gasteiger partial charge in [0.15, 0.2) is 0 Å². The molecule has 8 atom stereocenters. The number of hydrogen-bond donors (Lipinski definition) is 0. The Kier molecular flexibility index (Phi) is 4.53. The molecule has 1 aliphatic heterocycles. The van der Waals surface area contributed by atoms with Gasteiger partial charge in [-0.05, 0) is 46.5 Å². The number of methoxy groups -OCH3 is 1. The minimum Gasteiger partial charge on any atom is -0.469 e. The molecular formula is C25H32O9. The highest BCUT2D eigenvalue weighted by Gasteiger charge is 2.89. The Bertz CT molecular complexity index is 1030. The fraction of sp³-hybridized carbons (Fsp3) is 0.800. The molecule has 4 saturated carbocycles. The fourth-order valence-electron chi connectivity index (χ4n) is 8.94. The van der Waals surface area contributed by atoms with Crippen LogP contribution < -0.4 is 0 Å². The van der Waals surface area contributed by atoms with Crippen molar-refractivity contribution in [1.82, 2.24) is 0 Å². The van der Waals surface area contributed by atoms with Gasteiger partial charge in [0.1, 0.15) is 28.5 Å². The summed E-state index contributed by atoms with van der Waals surface area (Å²) in [6, 6.07) is 0. The molecule has 0 aromatic rings. The highest BCUT2D eigenvalue weighted by atomic mass is 16.6. The molecular weight excluding hydrogens is 444 g/mol. The van der Waals surface area contributed by atoms with E-state index in [0.717, 1.165) is 0 Å². The zero-order chi connectivity index (χ0) is 25.1. The Hall–Kier alpha value is -2.45. The average Bonchev–Trinajstić information content (AvgIpc) is 3.14. The van der Waals surface area contributed by atoms with Crippen LogP contribution in [0.25, 0.3) is 0 Å². The lowest BCUT2D eigenvalue weighted by Crippen LogP contribution is -2.54. The number of Topliss-reactive ketones (excluding diaryl/α,β-unsaturated/α-hetero) is 1. The Labute approximate surface area is 198 Å². The topological polar surface area (TPSA) is 122 Å². The molecule has 4 aliphatic carbocycles. The zero-order valence-corrected chi connectivity index (χ0v) is 20.5. The lowest BCUT2D eigenvalue weighted by atomic mass is 9.58. The van der Waals surface area contributed by atoms with E-state index >= 15 is 0 Å². The van der Waals surface area contributed by atoms with Gasteiger partial charge in [-0.1, -0.05) is 0 Å². The molecule has 1 spiro atoms. The summed E-state index contributed by atoms with van der Waals surface area (Å²) in [5.74, 6) is -4.35. The van der Waals surface area contributed by atoms with Crippen LogP contribution in [0.3, 0.4) is 0 Å². The van der Waals surface area contributed by atoms with Gasteiger partial charge in [0.25, 0.3) is 0 Å². The van der Waals surface area contributed by atoms with Crippen LogP contribution in [0.5, 0.6) is 0 Å². The molecule has 0 aromatic heterocycles. The second-order valence-electron chi connectivity index (χ2n) is 11.6. The summed E-state index contributed by atoms with van der Waals surface area (Å²) in [6.07, 6.45) is 1.08. The molecule has 1 heterocycles. The summed E-state index contributed by atoms with van der Waals surface area (Å²) >= 11 is 0. The normalized spacial score (nSPS) is 47.4. The predicted molar refractivity (Wildman–Crippen MR) is 114 cm³/mol. The lowest BCUT2D eigenvalue weighted by molar-refractivity contribution is -0.178. The first-order valence-electron chi connectivity index (χ1n) is 12.0. The molecule has 5 rings (SSSR count). The summed E-state index contributed by atoms with van der Waals surface area (Å²) in [4.78, 5) is 65.3. The number of rotatable bonds is 3. The predicted octanol–water partition coefficient (Wildman–Crippen LogP) is 2.13. The van der Waals surface area contributed by atoms with Crippen LogP contribution in [0.4, 0.5) is 0 Å². The summed E-state index contributed by atoms with van der Waals surface area (Å²) in [5.41, 5.74) is -5.64. The van der Waals surface area contributed by atoms with E-state index in [-0.39, 0.29) is 12.2 Å². The highest BCUT2D eigenvalue weighted by Crippen LogP contribution is 2.79. The van der Waals surface area contributed by atoms with Crippen LogP contribution in [0, 0.1) is 34.0 Å². The van der Waals surface area contributed by atoms with Crippen LogP contribution in [-0.2, 0) is 42.9 Å². The van der Waals surface area contributed by atoms with E-state index in [4.69, 9.17) is 18.9 Å². The Balaban J connectivity index is 1.74. The number of ether oxygens (including phenoxy) is 4. The molecule has 0 aromatic carbocycles. The number of esters is 4. The molecule has 0 unspecified atom stereocenters. The molecule has 4 bridgehead atoms. The third-order valence-corrected chi connectivity index (χ3v) is 10.1. The molecule has 0 amide bonds. The van der Waals surface area contributed by atoms with Crippen molar-refractivity contribution in [3.05, 3.63) is 0 Å². The summed E-state index contributed by atoms with van der Waals surface area (Å²) in [7, 11) is 1.27. The van der Waals surface area contributed by atoms with E-state index in [1.54, 1.807) is 20.8 Å². The Morgan fingerprint density at radius 2 is 1.68 bits per heavy atom. The molecule has 1 saturated heterocycles. The van der Waals surface area contributed by atoms with Crippen molar-refractivity contribution >= 4 is 29.7 Å². The number of hydrogen-bond acceptors (Lipinski definition) is 9. The van der Waals surface area contributed by atoms with Gasteiger partial charge >= 0.3 is 23.9 Å². The van der Waals surface area contributed by atoms with Gasteiger partial charge in [-0.25, -0.2) is 0 Å². The summed E-state index contributed by atoms with van der Waals surface area (Å²) < 4.78 is 22.9. The molecule has 0 radical (unpaired) electrons. The van der Waals surface area contributed by atoms with E-state index in [9.17, 15) is 24.0 Å². The van der Waals surface area contributed by atoms with Crippen LogP contribution in [0.1, 0.15) is 66.7 Å². The Morgan fingerprint density at radius 1 is 1.00 bits per heavy atom. The highest BCUT2D eigenvalue weighted by molar-refractivity contribution is 6.00. The van der Waals surface area contributed by atoms with Crippen LogP contribution in [-0.4, -0.2) is 54.1 Å². The first-order chi connectivity index (χ1) is 15.7. The summed E-state index contributed by atoms with van der Waals surface area (Å²) in [5, 5.41) is 0. The number of carbonyl (C=O) groups excluding carboxylic acids is 5. The molecule has 5 fully saturated rings. The van der Waals surface area contributed by atoms with E-state index in [2.05, 4.69) is 0 Å². The first-order valence-corrected chi connectivity index (χ1v) is 12.0. The first kappa shape index (κ1) is 23.3. The van der Waals surface area contributed by atoms with E-state index in [0.29, 0.717) is 25.7 Å². The average molecular weight is 477 g/mol. The van der Waals surface area contributed by atoms with Crippen molar-refractivity contribution in [2.45, 2.75) is 84.0 Å². The van der Waals surface area contributed by atoms with Gasteiger partial charge in [0.2, 0.25) is 0 Å². The largest absolute Gasteiger partial charge is 0.469 e. The van der Waals surface area contributed by atoms with Crippen LogP contribution >= 0.6 is 0 Å². The van der Waals surface area contributed by atoms with E-state index < -0.39 is 75.2 Å². The third-order valence-electron chi connectivity index (χ3n) is 10.1. The quantitative estimate of drug-likeness (QED) is 0.445. The van der Waals surface area contributed by atoms with Gasteiger partial charge in [-0.3, -0.25) is 24.0 Å². The second-order valence-corrected chi connectivity index (χ2v) is 11.6. The van der Waals surface area contributed by atoms with Gasteiger partial charge in [0.05, 0.1) is 23.9 Å². The minimum atomic E-state index is -1.30. The Morgan fingerprint density at radius 3 is 2.26 bits per heavy atom. The maximum Gasteiger partial charge on any atom is 0.316 e. The lowest BCUT2D eigenvalue weighted by Gasteiger charge is -2.47. The molecule has 9 nitrogen and oxygen atoms in total. The van der Waals surface area contributed by atoms with E-state index in [1.807, 2.05) is 0 Å². The SMILES string of the molecule is COC(=O)[C@H]1[C@H]2[C@@]3(CC[C@H](OC(C)=O)[C@@]2(C)C(=O)O3)[C@@H]2CC[C@]3(OC(C)=O)C[C@]12C(=O)C3(C)C.